The third kappa shape index (κ3) is 8.82. The maximum Gasteiger partial charge on any atom is 0.319 e. The third-order valence-electron chi connectivity index (χ3n) is 7.54. The summed E-state index contributed by atoms with van der Waals surface area (Å²) < 4.78 is 35.1. The first-order valence-corrected chi connectivity index (χ1v) is 14.6. The summed E-state index contributed by atoms with van der Waals surface area (Å²) in [5.74, 6) is -7.02. The standard InChI is InChI=1S/C32H42F2N4O5/c1-20(2)26(28(39)32(33,34)19-35-18-22-10-7-6-8-11-22)36-30(41)25-12-9-17-38(25)31(42)27(21(3)4)37-29(40)23-13-15-24(43-5)16-14-23/h6-8,10-11,13-16,20-21,25-27,35H,9,12,17-19H2,1-5H3,(H,36,41)(H,37,40)/t25-,26-,27-/m0/s1. The van der Waals surface area contributed by atoms with E-state index in [0.717, 1.165) is 5.56 Å². The monoisotopic (exact) mass is 600 g/mol. The molecule has 3 amide bonds. The van der Waals surface area contributed by atoms with Crippen molar-refractivity contribution < 1.29 is 32.7 Å². The lowest BCUT2D eigenvalue weighted by Crippen LogP contribution is -2.59. The van der Waals surface area contributed by atoms with E-state index in [2.05, 4.69) is 16.0 Å². The van der Waals surface area contributed by atoms with Crippen LogP contribution in [0, 0.1) is 11.8 Å². The molecule has 1 fully saturated rings. The lowest BCUT2D eigenvalue weighted by atomic mass is 9.95. The highest BCUT2D eigenvalue weighted by atomic mass is 19.3. The normalized spacial score (nSPS) is 16.6. The third-order valence-corrected chi connectivity index (χ3v) is 7.54. The number of halogens is 2. The van der Waals surface area contributed by atoms with Crippen LogP contribution in [-0.2, 0) is 20.9 Å². The maximum atomic E-state index is 15.0. The Morgan fingerprint density at radius 2 is 1.56 bits per heavy atom. The molecule has 0 radical (unpaired) electrons. The van der Waals surface area contributed by atoms with Crippen LogP contribution in [-0.4, -0.2) is 72.7 Å². The highest BCUT2D eigenvalue weighted by Crippen LogP contribution is 2.24. The zero-order valence-electron chi connectivity index (χ0n) is 25.4. The number of likely N-dealkylation sites (tertiary alicyclic amines) is 1. The molecule has 1 saturated heterocycles. The molecule has 1 aliphatic rings. The lowest BCUT2D eigenvalue weighted by Gasteiger charge is -2.32. The Hall–Kier alpha value is -3.86. The highest BCUT2D eigenvalue weighted by molar-refractivity contribution is 5.99. The minimum atomic E-state index is -3.73. The molecule has 0 bridgehead atoms. The molecule has 3 N–H and O–H groups in total. The summed E-state index contributed by atoms with van der Waals surface area (Å²) in [6.07, 6.45) is 0.823. The van der Waals surface area contributed by atoms with Crippen molar-refractivity contribution in [1.29, 1.82) is 0 Å². The largest absolute Gasteiger partial charge is 0.497 e. The predicted molar refractivity (Wildman–Crippen MR) is 159 cm³/mol. The molecule has 11 heteroatoms. The molecular weight excluding hydrogens is 558 g/mol. The fourth-order valence-corrected chi connectivity index (χ4v) is 5.02. The number of Topliss-reactive ketones (excluding diaryl/α,β-unsaturated/α-hetero) is 1. The molecular formula is C32H42F2N4O5. The average Bonchev–Trinajstić information content (AvgIpc) is 3.48. The summed E-state index contributed by atoms with van der Waals surface area (Å²) in [6.45, 7) is 6.27. The van der Waals surface area contributed by atoms with E-state index < -0.39 is 60.0 Å². The Balaban J connectivity index is 1.67. The number of nitrogens with zero attached hydrogens (tertiary/aromatic N) is 1. The quantitative estimate of drug-likeness (QED) is 0.305. The second-order valence-corrected chi connectivity index (χ2v) is 11.5. The number of carbonyl (C=O) groups is 4. The number of nitrogens with one attached hydrogen (secondary N) is 3. The van der Waals surface area contributed by atoms with Crippen molar-refractivity contribution in [2.45, 2.75) is 71.1 Å². The lowest BCUT2D eigenvalue weighted by molar-refractivity contribution is -0.149. The number of carbonyl (C=O) groups excluding carboxylic acids is 4. The highest BCUT2D eigenvalue weighted by Gasteiger charge is 2.46. The molecule has 43 heavy (non-hydrogen) atoms. The topological polar surface area (TPSA) is 117 Å². The molecule has 0 spiro atoms. The van der Waals surface area contributed by atoms with E-state index in [-0.39, 0.29) is 19.0 Å². The Bertz CT molecular complexity index is 1250. The molecule has 0 saturated carbocycles. The fourth-order valence-electron chi connectivity index (χ4n) is 5.02. The molecule has 2 aromatic carbocycles. The number of hydrogen-bond acceptors (Lipinski definition) is 6. The molecule has 0 unspecified atom stereocenters. The smallest absolute Gasteiger partial charge is 0.319 e. The van der Waals surface area contributed by atoms with Gasteiger partial charge < -0.3 is 25.6 Å². The number of amides is 3. The number of methoxy groups -OCH3 is 1. The Labute approximate surface area is 251 Å². The maximum absolute atomic E-state index is 15.0. The summed E-state index contributed by atoms with van der Waals surface area (Å²) in [6, 6.07) is 12.1. The second kappa shape index (κ2) is 15.0. The van der Waals surface area contributed by atoms with E-state index >= 15 is 0 Å². The van der Waals surface area contributed by atoms with Crippen LogP contribution in [0.1, 0.15) is 56.5 Å². The number of rotatable bonds is 14. The van der Waals surface area contributed by atoms with Gasteiger partial charge in [-0.1, -0.05) is 58.0 Å². The summed E-state index contributed by atoms with van der Waals surface area (Å²) in [7, 11) is 1.51. The zero-order chi connectivity index (χ0) is 31.7. The number of ether oxygens (including phenoxy) is 1. The van der Waals surface area contributed by atoms with Gasteiger partial charge in [0.15, 0.2) is 0 Å². The van der Waals surface area contributed by atoms with Crippen LogP contribution in [0.4, 0.5) is 8.78 Å². The number of benzene rings is 2. The summed E-state index contributed by atoms with van der Waals surface area (Å²) in [5, 5.41) is 7.91. The molecule has 1 heterocycles. The van der Waals surface area contributed by atoms with E-state index in [9.17, 15) is 28.0 Å². The van der Waals surface area contributed by atoms with Crippen molar-refractivity contribution in [3.63, 3.8) is 0 Å². The first-order chi connectivity index (χ1) is 20.4. The van der Waals surface area contributed by atoms with Crippen molar-refractivity contribution in [1.82, 2.24) is 20.9 Å². The summed E-state index contributed by atoms with van der Waals surface area (Å²) >= 11 is 0. The summed E-state index contributed by atoms with van der Waals surface area (Å²) in [4.78, 5) is 54.3. The van der Waals surface area contributed by atoms with Crippen LogP contribution >= 0.6 is 0 Å². The van der Waals surface area contributed by atoms with Crippen molar-refractivity contribution in [3.05, 3.63) is 65.7 Å². The Kier molecular flexibility index (Phi) is 11.8. The van der Waals surface area contributed by atoms with Gasteiger partial charge in [-0.15, -0.1) is 0 Å². The van der Waals surface area contributed by atoms with Gasteiger partial charge in [0.2, 0.25) is 17.6 Å². The Morgan fingerprint density at radius 3 is 2.14 bits per heavy atom. The first kappa shape index (κ1) is 33.6. The number of ketones is 1. The number of alkyl halides is 2. The average molecular weight is 601 g/mol. The molecule has 1 aliphatic heterocycles. The molecule has 3 atom stereocenters. The van der Waals surface area contributed by atoms with Crippen molar-refractivity contribution in [3.8, 4) is 5.75 Å². The van der Waals surface area contributed by atoms with E-state index in [0.29, 0.717) is 24.2 Å². The Morgan fingerprint density at radius 1 is 0.930 bits per heavy atom. The van der Waals surface area contributed by atoms with Gasteiger partial charge in [0.25, 0.3) is 5.91 Å². The van der Waals surface area contributed by atoms with E-state index in [4.69, 9.17) is 4.74 Å². The zero-order valence-corrected chi connectivity index (χ0v) is 25.4. The van der Waals surface area contributed by atoms with Crippen LogP contribution in [0.2, 0.25) is 0 Å². The first-order valence-electron chi connectivity index (χ1n) is 14.6. The van der Waals surface area contributed by atoms with Gasteiger partial charge in [0.05, 0.1) is 19.7 Å². The van der Waals surface area contributed by atoms with Gasteiger partial charge in [-0.25, -0.2) is 0 Å². The second-order valence-electron chi connectivity index (χ2n) is 11.5. The van der Waals surface area contributed by atoms with Crippen LogP contribution in [0.25, 0.3) is 0 Å². The van der Waals surface area contributed by atoms with E-state index in [1.807, 2.05) is 6.07 Å². The van der Waals surface area contributed by atoms with E-state index in [1.165, 1.54) is 12.0 Å². The van der Waals surface area contributed by atoms with Gasteiger partial charge in [-0.05, 0) is 54.5 Å². The van der Waals surface area contributed by atoms with Gasteiger partial charge in [0, 0.05) is 18.7 Å². The summed E-state index contributed by atoms with van der Waals surface area (Å²) in [5.41, 5.74) is 1.14. The molecule has 234 valence electrons. The minimum Gasteiger partial charge on any atom is -0.497 e. The van der Waals surface area contributed by atoms with Crippen LogP contribution < -0.4 is 20.7 Å². The van der Waals surface area contributed by atoms with Crippen molar-refractivity contribution >= 4 is 23.5 Å². The van der Waals surface area contributed by atoms with Crippen LogP contribution in [0.15, 0.2) is 54.6 Å². The van der Waals surface area contributed by atoms with Gasteiger partial charge in [0.1, 0.15) is 17.8 Å². The molecule has 9 nitrogen and oxygen atoms in total. The van der Waals surface area contributed by atoms with Crippen molar-refractivity contribution in [2.24, 2.45) is 11.8 Å². The molecule has 3 rings (SSSR count). The van der Waals surface area contributed by atoms with Gasteiger partial charge in [-0.2, -0.15) is 8.78 Å². The predicted octanol–water partition coefficient (Wildman–Crippen LogP) is 3.58. The van der Waals surface area contributed by atoms with Gasteiger partial charge in [-0.3, -0.25) is 19.2 Å². The van der Waals surface area contributed by atoms with Gasteiger partial charge >= 0.3 is 5.92 Å². The van der Waals surface area contributed by atoms with E-state index in [1.54, 1.807) is 76.2 Å². The van der Waals surface area contributed by atoms with Crippen LogP contribution in [0.5, 0.6) is 5.75 Å². The molecule has 2 aromatic rings. The minimum absolute atomic E-state index is 0.160. The van der Waals surface area contributed by atoms with Crippen LogP contribution in [0.3, 0.4) is 0 Å². The SMILES string of the molecule is COc1ccc(C(=O)N[C@H](C(=O)N2CCC[C@H]2C(=O)N[C@H](C(=O)C(F)(F)CNCc2ccccc2)C(C)C)C(C)C)cc1. The molecule has 0 aliphatic carbocycles. The number of hydrogen-bond donors (Lipinski definition) is 3. The fraction of sp³-hybridized carbons (Fsp3) is 0.500. The van der Waals surface area contributed by atoms with Crippen molar-refractivity contribution in [2.75, 3.05) is 20.2 Å². The molecule has 0 aromatic heterocycles.